The number of hydrogen-bond donors (Lipinski definition) is 1. The van der Waals surface area contributed by atoms with Gasteiger partial charge in [-0.15, -0.1) is 0 Å². The average molecular weight is 347 g/mol. The van der Waals surface area contributed by atoms with E-state index in [0.717, 1.165) is 11.1 Å². The standard InChI is InChI=1S/C19H22FNO4/c1-23-13-25-17-4-2-3-16(12-17)18(21)11-14-5-7-15(8-6-14)19(22)24-10-9-20/h2-8,12,18H,9-11,13,21H2,1H3. The molecule has 0 aliphatic carbocycles. The highest BCUT2D eigenvalue weighted by atomic mass is 19.1. The highest BCUT2D eigenvalue weighted by molar-refractivity contribution is 5.89. The number of esters is 1. The first-order valence-corrected chi connectivity index (χ1v) is 7.93. The number of alkyl halides is 1. The lowest BCUT2D eigenvalue weighted by Gasteiger charge is -2.14. The van der Waals surface area contributed by atoms with Crippen LogP contribution in [0, 0.1) is 0 Å². The zero-order chi connectivity index (χ0) is 18.1. The number of carbonyl (C=O) groups is 1. The van der Waals surface area contributed by atoms with Gasteiger partial charge in [-0.1, -0.05) is 24.3 Å². The molecular formula is C19H22FNO4. The Hall–Kier alpha value is -2.44. The zero-order valence-electron chi connectivity index (χ0n) is 14.1. The first-order valence-electron chi connectivity index (χ1n) is 7.93. The summed E-state index contributed by atoms with van der Waals surface area (Å²) in [5, 5.41) is 0. The summed E-state index contributed by atoms with van der Waals surface area (Å²) in [6.07, 6.45) is 0.605. The van der Waals surface area contributed by atoms with Gasteiger partial charge >= 0.3 is 5.97 Å². The molecule has 0 fully saturated rings. The summed E-state index contributed by atoms with van der Waals surface area (Å²) in [5.41, 5.74) is 8.59. The number of methoxy groups -OCH3 is 1. The lowest BCUT2D eigenvalue weighted by Crippen LogP contribution is -2.14. The van der Waals surface area contributed by atoms with Crippen molar-refractivity contribution in [2.75, 3.05) is 27.2 Å². The van der Waals surface area contributed by atoms with Crippen LogP contribution in [0.2, 0.25) is 0 Å². The van der Waals surface area contributed by atoms with Crippen LogP contribution in [0.25, 0.3) is 0 Å². The maximum Gasteiger partial charge on any atom is 0.338 e. The van der Waals surface area contributed by atoms with E-state index in [0.29, 0.717) is 17.7 Å². The van der Waals surface area contributed by atoms with Gasteiger partial charge in [-0.25, -0.2) is 9.18 Å². The van der Waals surface area contributed by atoms with Crippen molar-refractivity contribution in [1.82, 2.24) is 0 Å². The number of benzene rings is 2. The van der Waals surface area contributed by atoms with Crippen molar-refractivity contribution in [1.29, 1.82) is 0 Å². The third kappa shape index (κ3) is 5.85. The molecule has 2 rings (SSSR count). The van der Waals surface area contributed by atoms with E-state index in [1.807, 2.05) is 36.4 Å². The molecule has 1 atom stereocenters. The molecule has 2 aromatic rings. The van der Waals surface area contributed by atoms with E-state index in [1.165, 1.54) is 0 Å². The Kier molecular flexibility index (Phi) is 7.37. The van der Waals surface area contributed by atoms with Crippen LogP contribution in [0.4, 0.5) is 4.39 Å². The van der Waals surface area contributed by atoms with Crippen LogP contribution in [0.15, 0.2) is 48.5 Å². The maximum absolute atomic E-state index is 12.0. The second kappa shape index (κ2) is 9.76. The van der Waals surface area contributed by atoms with Crippen molar-refractivity contribution in [2.24, 2.45) is 5.73 Å². The Bertz CT molecular complexity index is 675. The molecule has 1 unspecified atom stereocenters. The Labute approximate surface area is 146 Å². The van der Waals surface area contributed by atoms with Crippen LogP contribution in [0.3, 0.4) is 0 Å². The topological polar surface area (TPSA) is 70.8 Å². The molecule has 0 aromatic heterocycles. The first-order chi connectivity index (χ1) is 12.1. The Morgan fingerprint density at radius 1 is 1.20 bits per heavy atom. The summed E-state index contributed by atoms with van der Waals surface area (Å²) in [5.74, 6) is 0.164. The van der Waals surface area contributed by atoms with E-state index in [9.17, 15) is 9.18 Å². The first kappa shape index (κ1) is 18.9. The number of nitrogens with two attached hydrogens (primary N) is 1. The minimum atomic E-state index is -0.689. The smallest absolute Gasteiger partial charge is 0.338 e. The van der Waals surface area contributed by atoms with E-state index in [2.05, 4.69) is 0 Å². The number of carbonyl (C=O) groups excluding carboxylic acids is 1. The van der Waals surface area contributed by atoms with Gasteiger partial charge in [-0.3, -0.25) is 0 Å². The minimum absolute atomic E-state index is 0.179. The number of rotatable bonds is 9. The van der Waals surface area contributed by atoms with E-state index in [-0.39, 0.29) is 19.4 Å². The molecule has 2 N–H and O–H groups in total. The quantitative estimate of drug-likeness (QED) is 0.558. The molecule has 0 bridgehead atoms. The van der Waals surface area contributed by atoms with Gasteiger partial charge in [0.05, 0.1) is 5.56 Å². The predicted molar refractivity (Wildman–Crippen MR) is 92.3 cm³/mol. The van der Waals surface area contributed by atoms with Crippen LogP contribution in [-0.2, 0) is 15.9 Å². The van der Waals surface area contributed by atoms with Gasteiger partial charge in [0.25, 0.3) is 0 Å². The normalized spacial score (nSPS) is 11.8. The van der Waals surface area contributed by atoms with Crippen LogP contribution < -0.4 is 10.5 Å². The number of hydrogen-bond acceptors (Lipinski definition) is 5. The summed E-state index contributed by atoms with van der Waals surface area (Å²) in [6, 6.07) is 14.3. The van der Waals surface area contributed by atoms with Gasteiger partial charge < -0.3 is 19.9 Å². The van der Waals surface area contributed by atoms with Crippen LogP contribution >= 0.6 is 0 Å². The lowest BCUT2D eigenvalue weighted by atomic mass is 9.99. The van der Waals surface area contributed by atoms with Gasteiger partial charge in [0.15, 0.2) is 6.79 Å². The van der Waals surface area contributed by atoms with E-state index >= 15 is 0 Å². The van der Waals surface area contributed by atoms with Gasteiger partial charge in [0.1, 0.15) is 19.0 Å². The summed E-state index contributed by atoms with van der Waals surface area (Å²) in [7, 11) is 1.56. The third-order valence-electron chi connectivity index (χ3n) is 3.59. The summed E-state index contributed by atoms with van der Waals surface area (Å²) in [4.78, 5) is 11.6. The molecule has 0 radical (unpaired) electrons. The van der Waals surface area contributed by atoms with E-state index < -0.39 is 12.6 Å². The van der Waals surface area contributed by atoms with Crippen molar-refractivity contribution < 1.29 is 23.4 Å². The van der Waals surface area contributed by atoms with Gasteiger partial charge in [0, 0.05) is 13.2 Å². The second-order valence-corrected chi connectivity index (χ2v) is 5.46. The summed E-state index contributed by atoms with van der Waals surface area (Å²) in [6.45, 7) is -0.739. The summed E-state index contributed by atoms with van der Waals surface area (Å²) < 4.78 is 27.1. The molecule has 0 saturated carbocycles. The molecule has 0 amide bonds. The molecule has 0 heterocycles. The SMILES string of the molecule is COCOc1cccc(C(N)Cc2ccc(C(=O)OCCF)cc2)c1. The largest absolute Gasteiger partial charge is 0.468 e. The Morgan fingerprint density at radius 3 is 2.64 bits per heavy atom. The zero-order valence-corrected chi connectivity index (χ0v) is 14.1. The lowest BCUT2D eigenvalue weighted by molar-refractivity contribution is 0.0480. The fraction of sp³-hybridized carbons (Fsp3) is 0.316. The molecule has 0 saturated heterocycles. The van der Waals surface area contributed by atoms with Crippen molar-refractivity contribution in [3.8, 4) is 5.75 Å². The average Bonchev–Trinajstić information content (AvgIpc) is 2.65. The van der Waals surface area contributed by atoms with Crippen molar-refractivity contribution in [2.45, 2.75) is 12.5 Å². The van der Waals surface area contributed by atoms with Crippen molar-refractivity contribution in [3.63, 3.8) is 0 Å². The monoisotopic (exact) mass is 347 g/mol. The van der Waals surface area contributed by atoms with E-state index in [4.69, 9.17) is 19.9 Å². The number of halogens is 1. The number of ether oxygens (including phenoxy) is 3. The molecule has 134 valence electrons. The predicted octanol–water partition coefficient (Wildman–Crippen LogP) is 3.04. The highest BCUT2D eigenvalue weighted by Gasteiger charge is 2.10. The van der Waals surface area contributed by atoms with Gasteiger partial charge in [0.2, 0.25) is 0 Å². The molecule has 2 aromatic carbocycles. The molecular weight excluding hydrogens is 325 g/mol. The van der Waals surface area contributed by atoms with Crippen LogP contribution in [-0.4, -0.2) is 33.2 Å². The molecule has 6 heteroatoms. The van der Waals surface area contributed by atoms with Gasteiger partial charge in [-0.2, -0.15) is 0 Å². The van der Waals surface area contributed by atoms with Crippen LogP contribution in [0.5, 0.6) is 5.75 Å². The Balaban J connectivity index is 1.98. The van der Waals surface area contributed by atoms with Crippen LogP contribution in [0.1, 0.15) is 27.5 Å². The maximum atomic E-state index is 12.0. The molecule has 0 aliphatic heterocycles. The Morgan fingerprint density at radius 2 is 1.96 bits per heavy atom. The van der Waals surface area contributed by atoms with E-state index in [1.54, 1.807) is 19.2 Å². The highest BCUT2D eigenvalue weighted by Crippen LogP contribution is 2.21. The fourth-order valence-corrected chi connectivity index (χ4v) is 2.33. The minimum Gasteiger partial charge on any atom is -0.468 e. The second-order valence-electron chi connectivity index (χ2n) is 5.46. The summed E-state index contributed by atoms with van der Waals surface area (Å²) >= 11 is 0. The fourth-order valence-electron chi connectivity index (χ4n) is 2.33. The van der Waals surface area contributed by atoms with Crippen molar-refractivity contribution >= 4 is 5.97 Å². The molecule has 25 heavy (non-hydrogen) atoms. The van der Waals surface area contributed by atoms with Crippen molar-refractivity contribution in [3.05, 3.63) is 65.2 Å². The molecule has 0 spiro atoms. The molecule has 5 nitrogen and oxygen atoms in total. The molecule has 0 aliphatic rings. The van der Waals surface area contributed by atoms with Gasteiger partial charge in [-0.05, 0) is 41.8 Å². The third-order valence-corrected chi connectivity index (χ3v) is 3.59.